The molecule has 0 spiro atoms. The Hall–Kier alpha value is -0.560. The van der Waals surface area contributed by atoms with Crippen LogP contribution in [0.3, 0.4) is 0 Å². The Morgan fingerprint density at radius 2 is 2.14 bits per heavy atom. The van der Waals surface area contributed by atoms with E-state index in [2.05, 4.69) is 44.8 Å². The van der Waals surface area contributed by atoms with E-state index in [1.807, 2.05) is 6.08 Å². The Morgan fingerprint density at radius 1 is 1.43 bits per heavy atom. The molecule has 0 saturated carbocycles. The molecule has 0 aromatic carbocycles. The minimum absolute atomic E-state index is 0.429. The van der Waals surface area contributed by atoms with Gasteiger partial charge in [0.1, 0.15) is 0 Å². The van der Waals surface area contributed by atoms with Gasteiger partial charge in [0.15, 0.2) is 0 Å². The van der Waals surface area contributed by atoms with Gasteiger partial charge in [-0.25, -0.2) is 0 Å². The summed E-state index contributed by atoms with van der Waals surface area (Å²) in [5.41, 5.74) is 0. The molecule has 0 bridgehead atoms. The van der Waals surface area contributed by atoms with Gasteiger partial charge in [0, 0.05) is 12.1 Å². The van der Waals surface area contributed by atoms with Crippen molar-refractivity contribution in [2.24, 2.45) is 0 Å². The molecule has 0 rings (SSSR count). The van der Waals surface area contributed by atoms with Crippen molar-refractivity contribution in [3.8, 4) is 0 Å². The van der Waals surface area contributed by atoms with Crippen LogP contribution >= 0.6 is 0 Å². The number of rotatable bonds is 8. The lowest BCUT2D eigenvalue weighted by Gasteiger charge is -2.19. The van der Waals surface area contributed by atoms with E-state index in [1.165, 1.54) is 19.3 Å². The molecule has 0 fully saturated rings. The maximum Gasteiger partial charge on any atom is 0.0284 e. The summed E-state index contributed by atoms with van der Waals surface area (Å²) in [5.74, 6) is 0. The molecule has 0 amide bonds. The molecule has 0 aromatic heterocycles. The standard InChI is InChI=1S/C13H25N/c1-5-8-10-12(4)14-13(7-3)11-9-6-2/h6-7,9,12-14H,3,5,8,10-11H2,1-2,4H3/b9-6-. The summed E-state index contributed by atoms with van der Waals surface area (Å²) in [7, 11) is 0. The summed E-state index contributed by atoms with van der Waals surface area (Å²) in [4.78, 5) is 0. The van der Waals surface area contributed by atoms with Crippen LogP contribution in [0.15, 0.2) is 24.8 Å². The Bertz CT molecular complexity index is 161. The molecule has 14 heavy (non-hydrogen) atoms. The van der Waals surface area contributed by atoms with Crippen molar-refractivity contribution in [1.82, 2.24) is 5.32 Å². The van der Waals surface area contributed by atoms with Crippen LogP contribution in [0.5, 0.6) is 0 Å². The van der Waals surface area contributed by atoms with Gasteiger partial charge in [-0.3, -0.25) is 0 Å². The van der Waals surface area contributed by atoms with Gasteiger partial charge >= 0.3 is 0 Å². The maximum absolute atomic E-state index is 3.85. The molecule has 0 aromatic rings. The molecule has 82 valence electrons. The van der Waals surface area contributed by atoms with Crippen molar-refractivity contribution in [1.29, 1.82) is 0 Å². The number of nitrogens with one attached hydrogen (secondary N) is 1. The van der Waals surface area contributed by atoms with Crippen molar-refractivity contribution in [3.63, 3.8) is 0 Å². The largest absolute Gasteiger partial charge is 0.308 e. The highest BCUT2D eigenvalue weighted by Crippen LogP contribution is 2.03. The van der Waals surface area contributed by atoms with E-state index in [0.29, 0.717) is 12.1 Å². The third-order valence-electron chi connectivity index (χ3n) is 2.40. The highest BCUT2D eigenvalue weighted by Gasteiger charge is 2.06. The van der Waals surface area contributed by atoms with Gasteiger partial charge in [-0.05, 0) is 26.7 Å². The zero-order chi connectivity index (χ0) is 10.8. The Morgan fingerprint density at radius 3 is 2.64 bits per heavy atom. The van der Waals surface area contributed by atoms with Crippen LogP contribution in [0.25, 0.3) is 0 Å². The highest BCUT2D eigenvalue weighted by atomic mass is 14.9. The summed E-state index contributed by atoms with van der Waals surface area (Å²) >= 11 is 0. The maximum atomic E-state index is 3.85. The molecule has 0 heterocycles. The topological polar surface area (TPSA) is 12.0 Å². The van der Waals surface area contributed by atoms with Crippen molar-refractivity contribution in [2.75, 3.05) is 0 Å². The fraction of sp³-hybridized carbons (Fsp3) is 0.692. The highest BCUT2D eigenvalue weighted by molar-refractivity contribution is 4.94. The van der Waals surface area contributed by atoms with Gasteiger partial charge in [0.25, 0.3) is 0 Å². The average Bonchev–Trinajstić information content (AvgIpc) is 2.21. The minimum Gasteiger partial charge on any atom is -0.308 e. The SMILES string of the molecule is C=CC(C/C=C\C)NC(C)CCCC. The summed E-state index contributed by atoms with van der Waals surface area (Å²) < 4.78 is 0. The quantitative estimate of drug-likeness (QED) is 0.583. The summed E-state index contributed by atoms with van der Waals surface area (Å²) in [5, 5.41) is 3.57. The Balaban J connectivity index is 3.73. The van der Waals surface area contributed by atoms with E-state index in [1.54, 1.807) is 0 Å². The summed E-state index contributed by atoms with van der Waals surface area (Å²) in [6.45, 7) is 10.4. The summed E-state index contributed by atoms with van der Waals surface area (Å²) in [6, 6.07) is 1.03. The van der Waals surface area contributed by atoms with Crippen molar-refractivity contribution in [2.45, 2.75) is 58.5 Å². The molecule has 0 aliphatic carbocycles. The lowest BCUT2D eigenvalue weighted by molar-refractivity contribution is 0.459. The van der Waals surface area contributed by atoms with Crippen LogP contribution in [-0.2, 0) is 0 Å². The van der Waals surface area contributed by atoms with E-state index >= 15 is 0 Å². The number of hydrogen-bond donors (Lipinski definition) is 1. The van der Waals surface area contributed by atoms with Crippen LogP contribution < -0.4 is 5.32 Å². The predicted octanol–water partition coefficient (Wildman–Crippen LogP) is 3.68. The second kappa shape index (κ2) is 9.01. The van der Waals surface area contributed by atoms with Crippen LogP contribution in [0.1, 0.15) is 46.5 Å². The first kappa shape index (κ1) is 13.4. The molecular formula is C13H25N. The monoisotopic (exact) mass is 195 g/mol. The van der Waals surface area contributed by atoms with E-state index in [9.17, 15) is 0 Å². The average molecular weight is 195 g/mol. The molecule has 1 N–H and O–H groups in total. The van der Waals surface area contributed by atoms with Gasteiger partial charge in [0.2, 0.25) is 0 Å². The third-order valence-corrected chi connectivity index (χ3v) is 2.40. The van der Waals surface area contributed by atoms with Gasteiger partial charge < -0.3 is 5.32 Å². The van der Waals surface area contributed by atoms with Crippen LogP contribution in [0, 0.1) is 0 Å². The molecule has 2 atom stereocenters. The van der Waals surface area contributed by atoms with Crippen LogP contribution in [-0.4, -0.2) is 12.1 Å². The van der Waals surface area contributed by atoms with Crippen molar-refractivity contribution >= 4 is 0 Å². The van der Waals surface area contributed by atoms with Gasteiger partial charge in [-0.15, -0.1) is 6.58 Å². The first-order chi connectivity index (χ1) is 6.74. The van der Waals surface area contributed by atoms with E-state index in [-0.39, 0.29) is 0 Å². The van der Waals surface area contributed by atoms with Crippen LogP contribution in [0.2, 0.25) is 0 Å². The second-order valence-corrected chi connectivity index (χ2v) is 3.86. The molecular weight excluding hydrogens is 170 g/mol. The predicted molar refractivity (Wildman–Crippen MR) is 65.5 cm³/mol. The van der Waals surface area contributed by atoms with E-state index in [0.717, 1.165) is 6.42 Å². The molecule has 0 radical (unpaired) electrons. The number of unbranched alkanes of at least 4 members (excludes halogenated alkanes) is 1. The van der Waals surface area contributed by atoms with Crippen LogP contribution in [0.4, 0.5) is 0 Å². The molecule has 2 unspecified atom stereocenters. The Kier molecular flexibility index (Phi) is 8.65. The first-order valence-electron chi connectivity index (χ1n) is 5.74. The smallest absolute Gasteiger partial charge is 0.0284 e. The zero-order valence-corrected chi connectivity index (χ0v) is 9.92. The number of hydrogen-bond acceptors (Lipinski definition) is 1. The lowest BCUT2D eigenvalue weighted by atomic mass is 10.1. The first-order valence-corrected chi connectivity index (χ1v) is 5.74. The molecule has 0 aliphatic rings. The van der Waals surface area contributed by atoms with Gasteiger partial charge in [-0.1, -0.05) is 38.0 Å². The minimum atomic E-state index is 0.429. The lowest BCUT2D eigenvalue weighted by Crippen LogP contribution is -2.34. The summed E-state index contributed by atoms with van der Waals surface area (Å²) in [6.07, 6.45) is 11.2. The molecule has 1 heteroatoms. The van der Waals surface area contributed by atoms with Crippen molar-refractivity contribution < 1.29 is 0 Å². The zero-order valence-electron chi connectivity index (χ0n) is 9.92. The fourth-order valence-electron chi connectivity index (χ4n) is 1.47. The van der Waals surface area contributed by atoms with Gasteiger partial charge in [-0.2, -0.15) is 0 Å². The van der Waals surface area contributed by atoms with Crippen molar-refractivity contribution in [3.05, 3.63) is 24.8 Å². The third kappa shape index (κ3) is 6.90. The molecule has 0 saturated heterocycles. The fourth-order valence-corrected chi connectivity index (χ4v) is 1.47. The number of allylic oxidation sites excluding steroid dienone is 1. The normalized spacial score (nSPS) is 15.6. The van der Waals surface area contributed by atoms with E-state index in [4.69, 9.17) is 0 Å². The Labute approximate surface area is 89.3 Å². The second-order valence-electron chi connectivity index (χ2n) is 3.86. The molecule has 1 nitrogen and oxygen atoms in total. The van der Waals surface area contributed by atoms with E-state index < -0.39 is 0 Å². The van der Waals surface area contributed by atoms with Gasteiger partial charge in [0.05, 0.1) is 0 Å². The molecule has 0 aliphatic heterocycles.